The van der Waals surface area contributed by atoms with Crippen LogP contribution in [0.2, 0.25) is 0 Å². The summed E-state index contributed by atoms with van der Waals surface area (Å²) in [4.78, 5) is 26.4. The van der Waals surface area contributed by atoms with E-state index in [-0.39, 0.29) is 37.2 Å². The van der Waals surface area contributed by atoms with Gasteiger partial charge in [0.25, 0.3) is 5.91 Å². The Morgan fingerprint density at radius 2 is 1.75 bits per heavy atom. The van der Waals surface area contributed by atoms with Crippen molar-refractivity contribution < 1.29 is 19.1 Å². The van der Waals surface area contributed by atoms with Crippen LogP contribution in [0.3, 0.4) is 0 Å². The summed E-state index contributed by atoms with van der Waals surface area (Å²) in [6, 6.07) is 3.22. The van der Waals surface area contributed by atoms with Gasteiger partial charge in [-0.2, -0.15) is 0 Å². The van der Waals surface area contributed by atoms with E-state index in [1.807, 2.05) is 0 Å². The van der Waals surface area contributed by atoms with E-state index in [1.54, 1.807) is 17.0 Å². The first-order chi connectivity index (χ1) is 11.1. The van der Waals surface area contributed by atoms with E-state index in [4.69, 9.17) is 15.2 Å². The SMILES string of the molecule is COc1cc(NC(=O)CCN)c(C(=O)N2CCCC2)cc1OC.Cl. The molecule has 0 atom stereocenters. The summed E-state index contributed by atoms with van der Waals surface area (Å²) in [5.74, 6) is 0.544. The molecule has 3 N–H and O–H groups in total. The van der Waals surface area contributed by atoms with Crippen LogP contribution in [0.1, 0.15) is 29.6 Å². The van der Waals surface area contributed by atoms with E-state index in [0.29, 0.717) is 22.7 Å². The number of nitrogens with zero attached hydrogens (tertiary/aromatic N) is 1. The predicted octanol–water partition coefficient (Wildman–Crippen LogP) is 1.65. The van der Waals surface area contributed by atoms with Crippen molar-refractivity contribution in [3.05, 3.63) is 17.7 Å². The van der Waals surface area contributed by atoms with Crippen LogP contribution in [0.15, 0.2) is 12.1 Å². The molecule has 8 heteroatoms. The molecule has 1 aliphatic heterocycles. The molecular formula is C16H24ClN3O4. The zero-order chi connectivity index (χ0) is 16.8. The zero-order valence-corrected chi connectivity index (χ0v) is 14.8. The fourth-order valence-electron chi connectivity index (χ4n) is 2.59. The summed E-state index contributed by atoms with van der Waals surface area (Å²) in [5.41, 5.74) is 6.21. The zero-order valence-electron chi connectivity index (χ0n) is 14.0. The average molecular weight is 358 g/mol. The van der Waals surface area contributed by atoms with Gasteiger partial charge < -0.3 is 25.4 Å². The largest absolute Gasteiger partial charge is 0.493 e. The van der Waals surface area contributed by atoms with Crippen molar-refractivity contribution in [3.63, 3.8) is 0 Å². The number of nitrogens with two attached hydrogens (primary N) is 1. The summed E-state index contributed by atoms with van der Waals surface area (Å²) < 4.78 is 10.5. The molecule has 0 radical (unpaired) electrons. The van der Waals surface area contributed by atoms with Crippen LogP contribution in [0.4, 0.5) is 5.69 Å². The Kier molecular flexibility index (Phi) is 7.81. The molecule has 1 aliphatic rings. The highest BCUT2D eigenvalue weighted by atomic mass is 35.5. The van der Waals surface area contributed by atoms with Crippen LogP contribution in [-0.4, -0.2) is 50.6 Å². The van der Waals surface area contributed by atoms with E-state index in [2.05, 4.69) is 5.32 Å². The minimum atomic E-state index is -0.241. The molecule has 134 valence electrons. The highest BCUT2D eigenvalue weighted by Crippen LogP contribution is 2.34. The number of carbonyl (C=O) groups excluding carboxylic acids is 2. The third-order valence-electron chi connectivity index (χ3n) is 3.79. The molecule has 0 saturated carbocycles. The molecule has 1 fully saturated rings. The smallest absolute Gasteiger partial charge is 0.256 e. The second-order valence-corrected chi connectivity index (χ2v) is 5.34. The van der Waals surface area contributed by atoms with E-state index >= 15 is 0 Å². The van der Waals surface area contributed by atoms with Gasteiger partial charge in [0.05, 0.1) is 25.5 Å². The summed E-state index contributed by atoms with van der Waals surface area (Å²) in [6.45, 7) is 1.70. The Bertz CT molecular complexity index is 589. The van der Waals surface area contributed by atoms with E-state index in [0.717, 1.165) is 25.9 Å². The molecule has 0 aliphatic carbocycles. The first-order valence-electron chi connectivity index (χ1n) is 7.66. The second kappa shape index (κ2) is 9.34. The molecule has 1 heterocycles. The Morgan fingerprint density at radius 1 is 1.17 bits per heavy atom. The third kappa shape index (κ3) is 4.52. The maximum atomic E-state index is 12.7. The fourth-order valence-corrected chi connectivity index (χ4v) is 2.59. The Hall–Kier alpha value is -1.99. The van der Waals surface area contributed by atoms with Gasteiger partial charge in [0.1, 0.15) is 0 Å². The standard InChI is InChI=1S/C16H23N3O4.ClH/c1-22-13-9-11(16(21)19-7-3-4-8-19)12(10-14(13)23-2)18-15(20)5-6-17;/h9-10H,3-8,17H2,1-2H3,(H,18,20);1H. The van der Waals surface area contributed by atoms with Gasteiger partial charge >= 0.3 is 0 Å². The topological polar surface area (TPSA) is 93.9 Å². The van der Waals surface area contributed by atoms with Crippen LogP contribution in [0.5, 0.6) is 11.5 Å². The lowest BCUT2D eigenvalue weighted by atomic mass is 10.1. The van der Waals surface area contributed by atoms with Crippen molar-refractivity contribution in [2.45, 2.75) is 19.3 Å². The first kappa shape index (κ1) is 20.1. The van der Waals surface area contributed by atoms with Gasteiger partial charge in [-0.15, -0.1) is 12.4 Å². The van der Waals surface area contributed by atoms with Gasteiger partial charge in [-0.05, 0) is 18.9 Å². The Labute approximate surface area is 147 Å². The van der Waals surface area contributed by atoms with Crippen molar-refractivity contribution in [2.24, 2.45) is 5.73 Å². The molecule has 2 rings (SSSR count). The van der Waals surface area contributed by atoms with Gasteiger partial charge in [0.2, 0.25) is 5.91 Å². The number of benzene rings is 1. The van der Waals surface area contributed by atoms with Crippen molar-refractivity contribution in [2.75, 3.05) is 39.2 Å². The number of nitrogens with one attached hydrogen (secondary N) is 1. The Balaban J connectivity index is 0.00000288. The molecule has 24 heavy (non-hydrogen) atoms. The number of anilines is 1. The molecule has 1 aromatic carbocycles. The van der Waals surface area contributed by atoms with Crippen LogP contribution in [0, 0.1) is 0 Å². The maximum absolute atomic E-state index is 12.7. The molecule has 2 amide bonds. The van der Waals surface area contributed by atoms with Crippen molar-refractivity contribution in [1.29, 1.82) is 0 Å². The lowest BCUT2D eigenvalue weighted by Crippen LogP contribution is -2.29. The number of amides is 2. The molecule has 1 saturated heterocycles. The average Bonchev–Trinajstić information content (AvgIpc) is 3.08. The number of ether oxygens (including phenoxy) is 2. The van der Waals surface area contributed by atoms with Gasteiger partial charge in [-0.3, -0.25) is 9.59 Å². The highest BCUT2D eigenvalue weighted by Gasteiger charge is 2.24. The van der Waals surface area contributed by atoms with Gasteiger partial charge in [-0.1, -0.05) is 0 Å². The normalized spacial score (nSPS) is 13.2. The summed E-state index contributed by atoms with van der Waals surface area (Å²) in [5, 5.41) is 2.74. The number of likely N-dealkylation sites (tertiary alicyclic amines) is 1. The Morgan fingerprint density at radius 3 is 2.29 bits per heavy atom. The molecular weight excluding hydrogens is 334 g/mol. The number of halogens is 1. The second-order valence-electron chi connectivity index (χ2n) is 5.34. The van der Waals surface area contributed by atoms with Crippen LogP contribution in [0.25, 0.3) is 0 Å². The summed E-state index contributed by atoms with van der Waals surface area (Å²) in [6.07, 6.45) is 2.17. The number of rotatable bonds is 6. The van der Waals surface area contributed by atoms with E-state index < -0.39 is 0 Å². The number of carbonyl (C=O) groups is 2. The molecule has 7 nitrogen and oxygen atoms in total. The van der Waals surface area contributed by atoms with Crippen molar-refractivity contribution >= 4 is 29.9 Å². The van der Waals surface area contributed by atoms with Crippen LogP contribution in [-0.2, 0) is 4.79 Å². The molecule has 0 bridgehead atoms. The quantitative estimate of drug-likeness (QED) is 0.807. The van der Waals surface area contributed by atoms with Crippen molar-refractivity contribution in [1.82, 2.24) is 4.90 Å². The van der Waals surface area contributed by atoms with Crippen LogP contribution >= 0.6 is 12.4 Å². The lowest BCUT2D eigenvalue weighted by molar-refractivity contribution is -0.116. The minimum Gasteiger partial charge on any atom is -0.493 e. The van der Waals surface area contributed by atoms with Crippen LogP contribution < -0.4 is 20.5 Å². The number of methoxy groups -OCH3 is 2. The maximum Gasteiger partial charge on any atom is 0.256 e. The number of hydrogen-bond donors (Lipinski definition) is 2. The summed E-state index contributed by atoms with van der Waals surface area (Å²) >= 11 is 0. The van der Waals surface area contributed by atoms with Gasteiger partial charge in [-0.25, -0.2) is 0 Å². The fraction of sp³-hybridized carbons (Fsp3) is 0.500. The lowest BCUT2D eigenvalue weighted by Gasteiger charge is -2.20. The molecule has 0 spiro atoms. The predicted molar refractivity (Wildman–Crippen MR) is 94.2 cm³/mol. The first-order valence-corrected chi connectivity index (χ1v) is 7.66. The minimum absolute atomic E-state index is 0. The van der Waals surface area contributed by atoms with Gasteiger partial charge in [0.15, 0.2) is 11.5 Å². The highest BCUT2D eigenvalue weighted by molar-refractivity contribution is 6.04. The molecule has 0 aromatic heterocycles. The third-order valence-corrected chi connectivity index (χ3v) is 3.79. The van der Waals surface area contributed by atoms with Gasteiger partial charge in [0, 0.05) is 32.1 Å². The molecule has 1 aromatic rings. The van der Waals surface area contributed by atoms with E-state index in [1.165, 1.54) is 14.2 Å². The van der Waals surface area contributed by atoms with E-state index in [9.17, 15) is 9.59 Å². The summed E-state index contributed by atoms with van der Waals surface area (Å²) in [7, 11) is 3.01. The monoisotopic (exact) mass is 357 g/mol. The van der Waals surface area contributed by atoms with Crippen molar-refractivity contribution in [3.8, 4) is 11.5 Å². The number of hydrogen-bond acceptors (Lipinski definition) is 5. The molecule has 0 unspecified atom stereocenters.